The Morgan fingerprint density at radius 1 is 1.50 bits per heavy atom. The second-order valence-corrected chi connectivity index (χ2v) is 3.12. The Hall–Kier alpha value is -0.770. The molecule has 0 spiro atoms. The minimum absolute atomic E-state index is 0.596. The molecule has 3 nitrogen and oxygen atoms in total. The molecule has 1 heterocycles. The third-order valence-electron chi connectivity index (χ3n) is 1.38. The van der Waals surface area contributed by atoms with Crippen LogP contribution in [0.5, 0.6) is 0 Å². The molecule has 0 aliphatic rings. The van der Waals surface area contributed by atoms with Gasteiger partial charge in [0.15, 0.2) is 5.49 Å². The zero-order valence-electron chi connectivity index (χ0n) is 6.65. The summed E-state index contributed by atoms with van der Waals surface area (Å²) in [7, 11) is 0. The maximum atomic E-state index is 9.22. The van der Waals surface area contributed by atoms with Crippen LogP contribution in [0.4, 0.5) is 0 Å². The molecule has 0 radical (unpaired) electrons. The van der Waals surface area contributed by atoms with Crippen molar-refractivity contribution in [3.63, 3.8) is 0 Å². The fraction of sp³-hybridized carbons (Fsp3) is 0.375. The molecule has 0 unspecified atom stereocenters. The number of aromatic nitrogens is 1. The monoisotopic (exact) mass is 230 g/mol. The zero-order chi connectivity index (χ0) is 8.81. The molecule has 0 bridgehead atoms. The first kappa shape index (κ1) is 9.32. The van der Waals surface area contributed by atoms with Crippen LogP contribution in [0.15, 0.2) is 29.4 Å². The molecule has 1 aromatic heterocycles. The van der Waals surface area contributed by atoms with Crippen LogP contribution in [0.1, 0.15) is 6.42 Å². The van der Waals surface area contributed by atoms with Crippen molar-refractivity contribution in [3.05, 3.63) is 29.9 Å². The van der Waals surface area contributed by atoms with Crippen molar-refractivity contribution in [2.75, 3.05) is 11.9 Å². The Morgan fingerprint density at radius 2 is 2.33 bits per heavy atom. The summed E-state index contributed by atoms with van der Waals surface area (Å²) in [4.78, 5) is 4.18. The molecule has 0 amide bonds. The van der Waals surface area contributed by atoms with Crippen LogP contribution < -0.4 is 5.49 Å². The van der Waals surface area contributed by atoms with Crippen molar-refractivity contribution in [1.29, 1.82) is 0 Å². The number of halogens is 1. The van der Waals surface area contributed by atoms with E-state index in [0.717, 1.165) is 23.0 Å². The number of pyridine rings is 1. The molecule has 0 aliphatic heterocycles. The van der Waals surface area contributed by atoms with E-state index in [0.29, 0.717) is 5.49 Å². The summed E-state index contributed by atoms with van der Waals surface area (Å²) in [5.41, 5.74) is 0.596. The average molecular weight is 231 g/mol. The summed E-state index contributed by atoms with van der Waals surface area (Å²) < 4.78 is 1.02. The third-order valence-corrected chi connectivity index (χ3v) is 1.94. The van der Waals surface area contributed by atoms with E-state index >= 15 is 0 Å². The average Bonchev–Trinajstić information content (AvgIpc) is 2.09. The summed E-state index contributed by atoms with van der Waals surface area (Å²) in [5, 5.41) is 10.2. The molecule has 0 aromatic carbocycles. The maximum absolute atomic E-state index is 9.22. The van der Waals surface area contributed by atoms with Crippen LogP contribution in [-0.2, 0) is 0 Å². The summed E-state index contributed by atoms with van der Waals surface area (Å²) in [6.07, 6.45) is 2.54. The molecule has 66 valence electrons. The molecule has 0 saturated heterocycles. The van der Waals surface area contributed by atoms with Gasteiger partial charge in [-0.1, -0.05) is 22.0 Å². The highest BCUT2D eigenvalue weighted by atomic mass is 79.9. The molecule has 12 heavy (non-hydrogen) atoms. The van der Waals surface area contributed by atoms with E-state index in [9.17, 15) is 5.21 Å². The largest absolute Gasteiger partial charge is 0.427 e. The predicted octanol–water partition coefficient (Wildman–Crippen LogP) is 1.41. The molecular weight excluding hydrogens is 220 g/mol. The van der Waals surface area contributed by atoms with Crippen molar-refractivity contribution in [1.82, 2.24) is 4.73 Å². The minimum atomic E-state index is 0.596. The van der Waals surface area contributed by atoms with Gasteiger partial charge in [0.1, 0.15) is 0 Å². The van der Waals surface area contributed by atoms with Crippen molar-refractivity contribution in [3.8, 4) is 0 Å². The summed E-state index contributed by atoms with van der Waals surface area (Å²) in [6, 6.07) is 5.37. The standard InChI is InChI=1S/C8H11BrN2O/c9-5-3-6-10-8-4-1-2-7-11(8)12/h1-2,4,7,12H,3,5-6H2. The Labute approximate surface area is 79.5 Å². The van der Waals surface area contributed by atoms with Gasteiger partial charge in [-0.3, -0.25) is 4.99 Å². The molecule has 1 aromatic rings. The predicted molar refractivity (Wildman–Crippen MR) is 50.5 cm³/mol. The van der Waals surface area contributed by atoms with E-state index < -0.39 is 0 Å². The summed E-state index contributed by atoms with van der Waals surface area (Å²) in [5.74, 6) is 0. The molecule has 0 fully saturated rings. The van der Waals surface area contributed by atoms with Crippen LogP contribution in [-0.4, -0.2) is 21.8 Å². The minimum Gasteiger partial charge on any atom is -0.427 e. The lowest BCUT2D eigenvalue weighted by atomic mass is 10.5. The fourth-order valence-electron chi connectivity index (χ4n) is 0.804. The quantitative estimate of drug-likeness (QED) is 0.476. The zero-order valence-corrected chi connectivity index (χ0v) is 8.24. The fourth-order valence-corrected chi connectivity index (χ4v) is 1.05. The first-order valence-electron chi connectivity index (χ1n) is 3.78. The molecule has 0 aliphatic carbocycles. The van der Waals surface area contributed by atoms with Gasteiger partial charge in [-0.05, 0) is 18.6 Å². The van der Waals surface area contributed by atoms with Gasteiger partial charge < -0.3 is 5.21 Å². The molecular formula is C8H11BrN2O. The van der Waals surface area contributed by atoms with Crippen molar-refractivity contribution >= 4 is 15.9 Å². The van der Waals surface area contributed by atoms with Gasteiger partial charge in [0.05, 0.1) is 0 Å². The molecule has 4 heteroatoms. The van der Waals surface area contributed by atoms with E-state index in [-0.39, 0.29) is 0 Å². The Morgan fingerprint density at radius 3 is 3.00 bits per heavy atom. The van der Waals surface area contributed by atoms with Crippen LogP contribution in [0, 0.1) is 0 Å². The van der Waals surface area contributed by atoms with Crippen molar-refractivity contribution in [2.45, 2.75) is 6.42 Å². The topological polar surface area (TPSA) is 37.5 Å². The summed E-state index contributed by atoms with van der Waals surface area (Å²) >= 11 is 3.31. The number of nitrogens with zero attached hydrogens (tertiary/aromatic N) is 2. The Balaban J connectivity index is 2.73. The number of hydrogen-bond donors (Lipinski definition) is 1. The van der Waals surface area contributed by atoms with E-state index in [1.54, 1.807) is 18.3 Å². The van der Waals surface area contributed by atoms with Gasteiger partial charge in [0, 0.05) is 18.1 Å². The van der Waals surface area contributed by atoms with Gasteiger partial charge in [0.25, 0.3) is 0 Å². The highest BCUT2D eigenvalue weighted by Gasteiger charge is 1.85. The lowest BCUT2D eigenvalue weighted by molar-refractivity contribution is 0.171. The number of hydrogen-bond acceptors (Lipinski definition) is 2. The lowest BCUT2D eigenvalue weighted by Crippen LogP contribution is -2.17. The Kier molecular flexibility index (Phi) is 3.87. The highest BCUT2D eigenvalue weighted by molar-refractivity contribution is 9.09. The van der Waals surface area contributed by atoms with Crippen LogP contribution in [0.3, 0.4) is 0 Å². The maximum Gasteiger partial charge on any atom is 0.163 e. The second kappa shape index (κ2) is 4.98. The van der Waals surface area contributed by atoms with E-state index in [2.05, 4.69) is 20.9 Å². The van der Waals surface area contributed by atoms with Gasteiger partial charge >= 0.3 is 0 Å². The second-order valence-electron chi connectivity index (χ2n) is 2.33. The van der Waals surface area contributed by atoms with Crippen LogP contribution >= 0.6 is 15.9 Å². The van der Waals surface area contributed by atoms with Crippen molar-refractivity contribution < 1.29 is 5.21 Å². The normalized spacial score (nSPS) is 11.9. The van der Waals surface area contributed by atoms with Crippen LogP contribution in [0.2, 0.25) is 0 Å². The van der Waals surface area contributed by atoms with Gasteiger partial charge in [-0.25, -0.2) is 0 Å². The first-order valence-corrected chi connectivity index (χ1v) is 4.90. The Bertz CT molecular complexity index is 295. The third kappa shape index (κ3) is 2.70. The van der Waals surface area contributed by atoms with Crippen LogP contribution in [0.25, 0.3) is 0 Å². The molecule has 0 saturated carbocycles. The number of alkyl halides is 1. The van der Waals surface area contributed by atoms with E-state index in [1.165, 1.54) is 0 Å². The molecule has 1 rings (SSSR count). The summed E-state index contributed by atoms with van der Waals surface area (Å²) in [6.45, 7) is 0.732. The van der Waals surface area contributed by atoms with Gasteiger partial charge in [-0.15, -0.1) is 0 Å². The van der Waals surface area contributed by atoms with Gasteiger partial charge in [-0.2, -0.15) is 4.73 Å². The SMILES string of the molecule is On1ccccc1=NCCCBr. The smallest absolute Gasteiger partial charge is 0.163 e. The number of rotatable bonds is 3. The first-order chi connectivity index (χ1) is 5.84. The van der Waals surface area contributed by atoms with E-state index in [4.69, 9.17) is 0 Å². The van der Waals surface area contributed by atoms with E-state index in [1.807, 2.05) is 6.07 Å². The lowest BCUT2D eigenvalue weighted by Gasteiger charge is -1.96. The van der Waals surface area contributed by atoms with Gasteiger partial charge in [0.2, 0.25) is 0 Å². The molecule has 1 N–H and O–H groups in total. The molecule has 0 atom stereocenters. The highest BCUT2D eigenvalue weighted by Crippen LogP contribution is 1.86. The van der Waals surface area contributed by atoms with Crippen molar-refractivity contribution in [2.24, 2.45) is 4.99 Å².